The maximum Gasteiger partial charge on any atom is 0.250 e. The van der Waals surface area contributed by atoms with Gasteiger partial charge in [-0.25, -0.2) is 4.98 Å². The number of H-pyrrole nitrogens is 1. The van der Waals surface area contributed by atoms with Crippen LogP contribution in [0.3, 0.4) is 0 Å². The molecule has 0 saturated heterocycles. The van der Waals surface area contributed by atoms with Gasteiger partial charge in [-0.3, -0.25) is 4.79 Å². The first-order valence-electron chi connectivity index (χ1n) is 11.9. The van der Waals surface area contributed by atoms with Crippen molar-refractivity contribution in [3.05, 3.63) is 71.2 Å². The van der Waals surface area contributed by atoms with Crippen molar-refractivity contribution in [1.29, 1.82) is 0 Å². The fraction of sp³-hybridized carbons (Fsp3) is 0.280. The SMILES string of the molecule is O=C(Cc1nnc(-c2cnc(NC3Cc4ccccc4C3)c3occc23)o1)N1CCc2n[nH]nc2C1. The van der Waals surface area contributed by atoms with Gasteiger partial charge in [0.2, 0.25) is 17.7 Å². The summed E-state index contributed by atoms with van der Waals surface area (Å²) in [5.74, 6) is 1.14. The highest BCUT2D eigenvalue weighted by Crippen LogP contribution is 2.33. The molecule has 11 heteroatoms. The average molecular weight is 483 g/mol. The maximum atomic E-state index is 12.8. The minimum atomic E-state index is -0.0949. The van der Waals surface area contributed by atoms with Gasteiger partial charge in [-0.1, -0.05) is 24.3 Å². The molecular formula is C25H22N8O3. The largest absolute Gasteiger partial charge is 0.460 e. The van der Waals surface area contributed by atoms with Gasteiger partial charge in [0.15, 0.2) is 11.4 Å². The summed E-state index contributed by atoms with van der Waals surface area (Å²) in [7, 11) is 0. The number of nitrogens with zero attached hydrogens (tertiary/aromatic N) is 6. The minimum Gasteiger partial charge on any atom is -0.460 e. The number of rotatable bonds is 5. The van der Waals surface area contributed by atoms with Crippen LogP contribution in [0.2, 0.25) is 0 Å². The molecule has 1 amide bonds. The summed E-state index contributed by atoms with van der Waals surface area (Å²) in [5.41, 5.74) is 5.73. The molecule has 5 heterocycles. The normalized spacial score (nSPS) is 15.3. The van der Waals surface area contributed by atoms with E-state index < -0.39 is 0 Å². The molecule has 0 bridgehead atoms. The van der Waals surface area contributed by atoms with Gasteiger partial charge in [0.25, 0.3) is 0 Å². The Morgan fingerprint density at radius 3 is 2.81 bits per heavy atom. The van der Waals surface area contributed by atoms with Crippen molar-refractivity contribution in [2.45, 2.75) is 38.3 Å². The number of amides is 1. The smallest absolute Gasteiger partial charge is 0.250 e. The molecule has 0 unspecified atom stereocenters. The van der Waals surface area contributed by atoms with Crippen LogP contribution in [0.15, 0.2) is 51.6 Å². The molecule has 0 saturated carbocycles. The number of carbonyl (C=O) groups is 1. The summed E-state index contributed by atoms with van der Waals surface area (Å²) in [6, 6.07) is 10.6. The third kappa shape index (κ3) is 3.60. The summed E-state index contributed by atoms with van der Waals surface area (Å²) in [4.78, 5) is 19.2. The Bertz CT molecular complexity index is 1560. The quantitative estimate of drug-likeness (QED) is 0.387. The number of carbonyl (C=O) groups excluding carboxylic acids is 1. The molecule has 5 aromatic rings. The van der Waals surface area contributed by atoms with Gasteiger partial charge in [0.1, 0.15) is 12.1 Å². The van der Waals surface area contributed by atoms with Gasteiger partial charge in [0.05, 0.1) is 24.1 Å². The molecule has 180 valence electrons. The third-order valence-electron chi connectivity index (χ3n) is 6.90. The lowest BCUT2D eigenvalue weighted by molar-refractivity contribution is -0.131. The Morgan fingerprint density at radius 1 is 1.11 bits per heavy atom. The Hall–Kier alpha value is -4.54. The van der Waals surface area contributed by atoms with Gasteiger partial charge in [0, 0.05) is 30.6 Å². The number of nitrogens with one attached hydrogen (secondary N) is 2. The third-order valence-corrected chi connectivity index (χ3v) is 6.90. The van der Waals surface area contributed by atoms with Crippen molar-refractivity contribution in [2.24, 2.45) is 0 Å². The first-order chi connectivity index (χ1) is 17.7. The van der Waals surface area contributed by atoms with Gasteiger partial charge in [-0.15, -0.1) is 10.2 Å². The summed E-state index contributed by atoms with van der Waals surface area (Å²) in [6.07, 6.45) is 5.90. The van der Waals surface area contributed by atoms with Crippen molar-refractivity contribution in [1.82, 2.24) is 35.5 Å². The zero-order valence-electron chi connectivity index (χ0n) is 19.3. The van der Waals surface area contributed by atoms with E-state index in [1.54, 1.807) is 17.4 Å². The topological polar surface area (TPSA) is 139 Å². The molecule has 4 aromatic heterocycles. The summed E-state index contributed by atoms with van der Waals surface area (Å²) < 4.78 is 11.7. The standard InChI is InChI=1S/C25H22N8O3/c34-22(33-7-5-19-20(13-33)29-32-28-19)11-21-30-31-25(36-21)18-12-26-24(23-17(18)6-8-35-23)27-16-9-14-3-1-2-4-15(14)10-16/h1-4,6,8,12,16H,5,7,9-11,13H2,(H,26,27)(H,28,29,32). The number of anilines is 1. The molecule has 0 radical (unpaired) electrons. The van der Waals surface area contributed by atoms with E-state index in [1.165, 1.54) is 11.1 Å². The zero-order chi connectivity index (χ0) is 24.1. The summed E-state index contributed by atoms with van der Waals surface area (Å²) in [5, 5.41) is 23.5. The molecule has 1 aliphatic heterocycles. The molecule has 1 aliphatic carbocycles. The molecule has 0 atom stereocenters. The van der Waals surface area contributed by atoms with Crippen LogP contribution in [0, 0.1) is 0 Å². The molecule has 2 aliphatic rings. The van der Waals surface area contributed by atoms with Gasteiger partial charge in [-0.05, 0) is 30.0 Å². The maximum absolute atomic E-state index is 12.8. The van der Waals surface area contributed by atoms with Crippen LogP contribution in [0.25, 0.3) is 22.4 Å². The Labute approximate surface area is 204 Å². The summed E-state index contributed by atoms with van der Waals surface area (Å²) >= 11 is 0. The Kier molecular flexibility index (Phi) is 4.79. The van der Waals surface area contributed by atoms with E-state index in [1.807, 2.05) is 6.07 Å². The number of benzene rings is 1. The van der Waals surface area contributed by atoms with Crippen LogP contribution in [0.5, 0.6) is 0 Å². The highest BCUT2D eigenvalue weighted by molar-refractivity contribution is 5.97. The van der Waals surface area contributed by atoms with Crippen molar-refractivity contribution < 1.29 is 13.6 Å². The number of fused-ring (bicyclic) bond motifs is 3. The number of hydrogen-bond acceptors (Lipinski definition) is 9. The van der Waals surface area contributed by atoms with Crippen LogP contribution in [-0.2, 0) is 37.0 Å². The van der Waals surface area contributed by atoms with Crippen LogP contribution < -0.4 is 5.32 Å². The van der Waals surface area contributed by atoms with E-state index in [0.717, 1.165) is 29.6 Å². The van der Waals surface area contributed by atoms with E-state index in [4.69, 9.17) is 8.83 Å². The molecule has 0 fully saturated rings. The zero-order valence-corrected chi connectivity index (χ0v) is 19.3. The van der Waals surface area contributed by atoms with E-state index in [-0.39, 0.29) is 24.3 Å². The van der Waals surface area contributed by atoms with Gasteiger partial charge in [-0.2, -0.15) is 15.4 Å². The molecule has 11 nitrogen and oxygen atoms in total. The van der Waals surface area contributed by atoms with Crippen LogP contribution in [0.4, 0.5) is 5.82 Å². The molecule has 7 rings (SSSR count). The van der Waals surface area contributed by atoms with Crippen molar-refractivity contribution in [3.8, 4) is 11.5 Å². The first kappa shape index (κ1) is 20.8. The Morgan fingerprint density at radius 2 is 1.94 bits per heavy atom. The highest BCUT2D eigenvalue weighted by Gasteiger charge is 2.26. The van der Waals surface area contributed by atoms with Crippen LogP contribution >= 0.6 is 0 Å². The predicted molar refractivity (Wildman–Crippen MR) is 128 cm³/mol. The van der Waals surface area contributed by atoms with E-state index in [0.29, 0.717) is 42.4 Å². The second kappa shape index (κ2) is 8.29. The number of pyridine rings is 1. The fourth-order valence-corrected chi connectivity index (χ4v) is 5.08. The van der Waals surface area contributed by atoms with Crippen LogP contribution in [0.1, 0.15) is 28.4 Å². The highest BCUT2D eigenvalue weighted by atomic mass is 16.4. The fourth-order valence-electron chi connectivity index (χ4n) is 5.08. The second-order valence-electron chi connectivity index (χ2n) is 9.16. The molecule has 1 aromatic carbocycles. The van der Waals surface area contributed by atoms with Crippen LogP contribution in [-0.4, -0.2) is 54.0 Å². The number of aromatic amines is 1. The molecule has 2 N–H and O–H groups in total. The monoisotopic (exact) mass is 482 g/mol. The first-order valence-corrected chi connectivity index (χ1v) is 11.9. The van der Waals surface area contributed by atoms with Crippen molar-refractivity contribution in [2.75, 3.05) is 11.9 Å². The Balaban J connectivity index is 1.08. The van der Waals surface area contributed by atoms with Gasteiger partial charge < -0.3 is 19.1 Å². The lowest BCUT2D eigenvalue weighted by atomic mass is 10.1. The number of hydrogen-bond donors (Lipinski definition) is 2. The van der Waals surface area contributed by atoms with E-state index in [2.05, 4.69) is 60.2 Å². The van der Waals surface area contributed by atoms with Crippen molar-refractivity contribution in [3.63, 3.8) is 0 Å². The molecule has 0 spiro atoms. The number of aromatic nitrogens is 6. The molecule has 36 heavy (non-hydrogen) atoms. The van der Waals surface area contributed by atoms with E-state index >= 15 is 0 Å². The number of furan rings is 1. The summed E-state index contributed by atoms with van der Waals surface area (Å²) in [6.45, 7) is 1.01. The predicted octanol–water partition coefficient (Wildman–Crippen LogP) is 2.70. The van der Waals surface area contributed by atoms with Gasteiger partial charge >= 0.3 is 0 Å². The lowest BCUT2D eigenvalue weighted by Crippen LogP contribution is -2.37. The lowest BCUT2D eigenvalue weighted by Gasteiger charge is -2.24. The second-order valence-corrected chi connectivity index (χ2v) is 9.16. The van der Waals surface area contributed by atoms with Crippen molar-refractivity contribution >= 4 is 22.7 Å². The molecular weight excluding hydrogens is 460 g/mol. The van der Waals surface area contributed by atoms with E-state index in [9.17, 15) is 4.79 Å². The average Bonchev–Trinajstić information content (AvgIpc) is 3.69. The minimum absolute atomic E-state index is 0.0179.